The number of nitrogens with zero attached hydrogens (tertiary/aromatic N) is 1. The molecule has 0 aliphatic carbocycles. The van der Waals surface area contributed by atoms with E-state index in [2.05, 4.69) is 12.2 Å². The van der Waals surface area contributed by atoms with Gasteiger partial charge in [-0.05, 0) is 31.0 Å². The van der Waals surface area contributed by atoms with Crippen molar-refractivity contribution in [3.05, 3.63) is 34.9 Å². The molecule has 2 N–H and O–H groups in total. The number of halogens is 1. The van der Waals surface area contributed by atoms with Crippen LogP contribution >= 0.6 is 11.6 Å². The van der Waals surface area contributed by atoms with Gasteiger partial charge in [-0.1, -0.05) is 30.7 Å². The SMILES string of the molecule is CCC(CNC(=O)N(C)CC(C)O)c1ccc(Cl)cc1. The van der Waals surface area contributed by atoms with Gasteiger partial charge in [0, 0.05) is 31.1 Å². The van der Waals surface area contributed by atoms with E-state index in [1.807, 2.05) is 24.3 Å². The van der Waals surface area contributed by atoms with E-state index in [1.54, 1.807) is 14.0 Å². The molecule has 0 aromatic heterocycles. The molecule has 0 aliphatic heterocycles. The third-order valence-corrected chi connectivity index (χ3v) is 3.47. The first-order valence-electron chi connectivity index (χ1n) is 6.86. The van der Waals surface area contributed by atoms with Crippen molar-refractivity contribution in [2.24, 2.45) is 0 Å². The first-order valence-corrected chi connectivity index (χ1v) is 7.24. The van der Waals surface area contributed by atoms with E-state index in [0.29, 0.717) is 18.1 Å². The number of carbonyl (C=O) groups excluding carboxylic acids is 1. The van der Waals surface area contributed by atoms with Crippen molar-refractivity contribution in [3.8, 4) is 0 Å². The number of urea groups is 1. The van der Waals surface area contributed by atoms with Crippen molar-refractivity contribution in [1.82, 2.24) is 10.2 Å². The third-order valence-electron chi connectivity index (χ3n) is 3.22. The largest absolute Gasteiger partial charge is 0.392 e. The van der Waals surface area contributed by atoms with Crippen molar-refractivity contribution in [1.29, 1.82) is 0 Å². The molecule has 0 fully saturated rings. The van der Waals surface area contributed by atoms with Crippen LogP contribution in [0.15, 0.2) is 24.3 Å². The summed E-state index contributed by atoms with van der Waals surface area (Å²) in [5.74, 6) is 0.260. The Morgan fingerprint density at radius 3 is 2.50 bits per heavy atom. The Hall–Kier alpha value is -1.26. The van der Waals surface area contributed by atoms with Crippen LogP contribution in [0.5, 0.6) is 0 Å². The van der Waals surface area contributed by atoms with Crippen molar-refractivity contribution in [3.63, 3.8) is 0 Å². The van der Waals surface area contributed by atoms with Gasteiger partial charge in [-0.25, -0.2) is 4.79 Å². The van der Waals surface area contributed by atoms with Gasteiger partial charge in [0.25, 0.3) is 0 Å². The van der Waals surface area contributed by atoms with Gasteiger partial charge in [0.1, 0.15) is 0 Å². The zero-order valence-electron chi connectivity index (χ0n) is 12.3. The molecule has 1 rings (SSSR count). The van der Waals surface area contributed by atoms with Gasteiger partial charge < -0.3 is 15.3 Å². The summed E-state index contributed by atoms with van der Waals surface area (Å²) in [6.45, 7) is 4.64. The molecule has 2 amide bonds. The normalized spacial score (nSPS) is 13.7. The quantitative estimate of drug-likeness (QED) is 0.848. The number of benzene rings is 1. The highest BCUT2D eigenvalue weighted by atomic mass is 35.5. The fraction of sp³-hybridized carbons (Fsp3) is 0.533. The fourth-order valence-electron chi connectivity index (χ4n) is 2.06. The number of nitrogens with one attached hydrogen (secondary N) is 1. The van der Waals surface area contributed by atoms with Crippen molar-refractivity contribution < 1.29 is 9.90 Å². The molecule has 0 saturated heterocycles. The van der Waals surface area contributed by atoms with Crippen LogP contribution in [0.4, 0.5) is 4.79 Å². The highest BCUT2D eigenvalue weighted by Gasteiger charge is 2.14. The number of hydrogen-bond acceptors (Lipinski definition) is 2. The summed E-state index contributed by atoms with van der Waals surface area (Å²) in [5, 5.41) is 12.9. The predicted molar refractivity (Wildman–Crippen MR) is 82.2 cm³/mol. The lowest BCUT2D eigenvalue weighted by Crippen LogP contribution is -2.42. The molecule has 0 bridgehead atoms. The molecule has 5 heteroatoms. The second kappa shape index (κ2) is 8.12. The predicted octanol–water partition coefficient (Wildman–Crippen LogP) is 2.86. The van der Waals surface area contributed by atoms with Crippen LogP contribution in [0, 0.1) is 0 Å². The highest BCUT2D eigenvalue weighted by molar-refractivity contribution is 6.30. The summed E-state index contributed by atoms with van der Waals surface area (Å²) in [7, 11) is 1.67. The monoisotopic (exact) mass is 298 g/mol. The highest BCUT2D eigenvalue weighted by Crippen LogP contribution is 2.20. The Morgan fingerprint density at radius 2 is 2.00 bits per heavy atom. The minimum absolute atomic E-state index is 0.168. The summed E-state index contributed by atoms with van der Waals surface area (Å²) < 4.78 is 0. The molecule has 2 unspecified atom stereocenters. The van der Waals surface area contributed by atoms with Gasteiger partial charge in [-0.15, -0.1) is 0 Å². The second-order valence-electron chi connectivity index (χ2n) is 5.07. The van der Waals surface area contributed by atoms with E-state index in [4.69, 9.17) is 11.6 Å². The molecule has 0 radical (unpaired) electrons. The maximum Gasteiger partial charge on any atom is 0.317 e. The number of aliphatic hydroxyl groups is 1. The average Bonchev–Trinajstić information content (AvgIpc) is 2.40. The summed E-state index contributed by atoms with van der Waals surface area (Å²) >= 11 is 5.88. The van der Waals surface area contributed by atoms with E-state index in [1.165, 1.54) is 4.90 Å². The number of aliphatic hydroxyl groups excluding tert-OH is 1. The van der Waals surface area contributed by atoms with Gasteiger partial charge >= 0.3 is 6.03 Å². The van der Waals surface area contributed by atoms with Crippen LogP contribution in [0.1, 0.15) is 31.7 Å². The van der Waals surface area contributed by atoms with Gasteiger partial charge in [-0.3, -0.25) is 0 Å². The topological polar surface area (TPSA) is 52.6 Å². The zero-order chi connectivity index (χ0) is 15.1. The number of rotatable bonds is 6. The first kappa shape index (κ1) is 16.8. The van der Waals surface area contributed by atoms with Crippen molar-refractivity contribution >= 4 is 17.6 Å². The lowest BCUT2D eigenvalue weighted by molar-refractivity contribution is 0.143. The Morgan fingerprint density at radius 1 is 1.40 bits per heavy atom. The molecule has 112 valence electrons. The number of hydrogen-bond donors (Lipinski definition) is 2. The van der Waals surface area contributed by atoms with Crippen LogP contribution in [0.3, 0.4) is 0 Å². The summed E-state index contributed by atoms with van der Waals surface area (Å²) in [6, 6.07) is 7.53. The van der Waals surface area contributed by atoms with Crippen LogP contribution in [-0.2, 0) is 0 Å². The molecule has 0 heterocycles. The minimum Gasteiger partial charge on any atom is -0.392 e. The smallest absolute Gasteiger partial charge is 0.317 e. The van der Waals surface area contributed by atoms with Gasteiger partial charge in [0.2, 0.25) is 0 Å². The van der Waals surface area contributed by atoms with Crippen LogP contribution in [0.25, 0.3) is 0 Å². The lowest BCUT2D eigenvalue weighted by Gasteiger charge is -2.22. The number of carbonyl (C=O) groups is 1. The Labute approximate surface area is 125 Å². The Balaban J connectivity index is 2.53. The van der Waals surface area contributed by atoms with Crippen molar-refractivity contribution in [2.75, 3.05) is 20.1 Å². The van der Waals surface area contributed by atoms with E-state index in [0.717, 1.165) is 12.0 Å². The molecule has 4 nitrogen and oxygen atoms in total. The molecule has 0 aliphatic rings. The summed E-state index contributed by atoms with van der Waals surface area (Å²) in [4.78, 5) is 13.4. The molecule has 20 heavy (non-hydrogen) atoms. The Kier molecular flexibility index (Phi) is 6.82. The standard InChI is InChI=1S/C15H23ClN2O2/c1-4-12(13-5-7-14(16)8-6-13)9-17-15(20)18(3)10-11(2)19/h5-8,11-12,19H,4,9-10H2,1-3H3,(H,17,20). The molecular formula is C15H23ClN2O2. The Bertz CT molecular complexity index is 420. The summed E-state index contributed by atoms with van der Waals surface area (Å²) in [5.41, 5.74) is 1.16. The first-order chi connectivity index (χ1) is 9.43. The maximum absolute atomic E-state index is 11.9. The molecule has 2 atom stereocenters. The zero-order valence-corrected chi connectivity index (χ0v) is 13.0. The molecular weight excluding hydrogens is 276 g/mol. The van der Waals surface area contributed by atoms with E-state index >= 15 is 0 Å². The minimum atomic E-state index is -0.524. The molecule has 0 saturated carbocycles. The van der Waals surface area contributed by atoms with E-state index in [9.17, 15) is 9.90 Å². The summed E-state index contributed by atoms with van der Waals surface area (Å²) in [6.07, 6.45) is 0.408. The fourth-order valence-corrected chi connectivity index (χ4v) is 2.18. The molecule has 0 spiro atoms. The third kappa shape index (κ3) is 5.39. The van der Waals surface area contributed by atoms with Gasteiger partial charge in [0.05, 0.1) is 6.10 Å². The molecule has 1 aromatic rings. The average molecular weight is 299 g/mol. The number of amides is 2. The lowest BCUT2D eigenvalue weighted by atomic mass is 9.96. The van der Waals surface area contributed by atoms with Gasteiger partial charge in [-0.2, -0.15) is 0 Å². The molecule has 1 aromatic carbocycles. The van der Waals surface area contributed by atoms with E-state index in [-0.39, 0.29) is 11.9 Å². The van der Waals surface area contributed by atoms with Crippen LogP contribution < -0.4 is 5.32 Å². The maximum atomic E-state index is 11.9. The number of likely N-dealkylation sites (N-methyl/N-ethyl adjacent to an activating group) is 1. The second-order valence-corrected chi connectivity index (χ2v) is 5.51. The van der Waals surface area contributed by atoms with Crippen LogP contribution in [0.2, 0.25) is 5.02 Å². The van der Waals surface area contributed by atoms with Gasteiger partial charge in [0.15, 0.2) is 0 Å². The van der Waals surface area contributed by atoms with E-state index < -0.39 is 6.10 Å². The van der Waals surface area contributed by atoms with Crippen LogP contribution in [-0.4, -0.2) is 42.3 Å². The van der Waals surface area contributed by atoms with Crippen molar-refractivity contribution in [2.45, 2.75) is 32.3 Å².